The van der Waals surface area contributed by atoms with E-state index in [4.69, 9.17) is 0 Å². The third kappa shape index (κ3) is 1.12. The fourth-order valence-electron chi connectivity index (χ4n) is 1.42. The van der Waals surface area contributed by atoms with Crippen LogP contribution in [0.25, 0.3) is 0 Å². The monoisotopic (exact) mass is 144 g/mol. The molecule has 1 rings (SSSR count). The van der Waals surface area contributed by atoms with E-state index in [1.54, 1.807) is 0 Å². The van der Waals surface area contributed by atoms with Crippen LogP contribution in [0.5, 0.6) is 0 Å². The maximum absolute atomic E-state index is 2.33. The van der Waals surface area contributed by atoms with E-state index < -0.39 is 0 Å². The van der Waals surface area contributed by atoms with Crippen molar-refractivity contribution in [1.82, 2.24) is 0 Å². The van der Waals surface area contributed by atoms with Crippen molar-refractivity contribution in [3.05, 3.63) is 0 Å². The highest BCUT2D eigenvalue weighted by atomic mass is 32.2. The Hall–Kier alpha value is 0.350. The summed E-state index contributed by atoms with van der Waals surface area (Å²) in [6.07, 6.45) is 0. The van der Waals surface area contributed by atoms with E-state index >= 15 is 0 Å². The molecule has 9 heavy (non-hydrogen) atoms. The van der Waals surface area contributed by atoms with E-state index in [1.165, 1.54) is 5.75 Å². The minimum atomic E-state index is 0.667. The van der Waals surface area contributed by atoms with Gasteiger partial charge in [0.05, 0.1) is 0 Å². The van der Waals surface area contributed by atoms with Crippen molar-refractivity contribution in [2.45, 2.75) is 32.4 Å². The summed E-state index contributed by atoms with van der Waals surface area (Å²) in [5.74, 6) is 3.12. The average molecular weight is 144 g/mol. The fraction of sp³-hybridized carbons (Fsp3) is 1.00. The maximum Gasteiger partial charge on any atom is 0.0296 e. The predicted octanol–water partition coefficient (Wildman–Crippen LogP) is 2.78. The molecule has 0 atom stereocenters. The van der Waals surface area contributed by atoms with E-state index in [1.807, 2.05) is 0 Å². The fourth-order valence-corrected chi connectivity index (χ4v) is 2.92. The Morgan fingerprint density at radius 1 is 1.11 bits per heavy atom. The molecule has 0 aromatic carbocycles. The van der Waals surface area contributed by atoms with Crippen LogP contribution in [0.1, 0.15) is 27.7 Å². The Morgan fingerprint density at radius 3 is 1.44 bits per heavy atom. The van der Waals surface area contributed by atoms with Crippen LogP contribution in [0.3, 0.4) is 0 Å². The van der Waals surface area contributed by atoms with Crippen LogP contribution in [0.2, 0.25) is 0 Å². The molecule has 0 aliphatic carbocycles. The standard InChI is InChI=1S/C8H16S/c1-6(2)8(5-9-8)7(3)4/h6-7H,5H2,1-4H3. The normalized spacial score (nSPS) is 23.3. The molecule has 0 radical (unpaired) electrons. The summed E-state index contributed by atoms with van der Waals surface area (Å²) in [6, 6.07) is 0. The van der Waals surface area contributed by atoms with Crippen LogP contribution in [0.4, 0.5) is 0 Å². The molecule has 0 amide bonds. The zero-order valence-corrected chi connectivity index (χ0v) is 7.59. The van der Waals surface area contributed by atoms with Gasteiger partial charge in [0.15, 0.2) is 0 Å². The topological polar surface area (TPSA) is 0 Å². The van der Waals surface area contributed by atoms with Crippen molar-refractivity contribution in [3.63, 3.8) is 0 Å². The van der Waals surface area contributed by atoms with Gasteiger partial charge in [0.2, 0.25) is 0 Å². The highest BCUT2D eigenvalue weighted by molar-refractivity contribution is 8.07. The highest BCUT2D eigenvalue weighted by Gasteiger charge is 2.48. The van der Waals surface area contributed by atoms with Gasteiger partial charge in [-0.1, -0.05) is 27.7 Å². The first-order chi connectivity index (χ1) is 4.09. The lowest BCUT2D eigenvalue weighted by atomic mass is 9.87. The molecule has 0 saturated carbocycles. The van der Waals surface area contributed by atoms with Crippen molar-refractivity contribution < 1.29 is 0 Å². The van der Waals surface area contributed by atoms with Gasteiger partial charge in [-0.05, 0) is 11.8 Å². The molecule has 0 unspecified atom stereocenters. The summed E-state index contributed by atoms with van der Waals surface area (Å²) >= 11 is 2.13. The SMILES string of the molecule is CC(C)C1(C(C)C)CS1. The number of rotatable bonds is 2. The molecule has 1 fully saturated rings. The van der Waals surface area contributed by atoms with Crippen molar-refractivity contribution in [3.8, 4) is 0 Å². The quantitative estimate of drug-likeness (QED) is 0.537. The molecule has 1 heteroatoms. The lowest BCUT2D eigenvalue weighted by molar-refractivity contribution is 0.404. The zero-order valence-electron chi connectivity index (χ0n) is 6.77. The van der Waals surface area contributed by atoms with Crippen LogP contribution in [0, 0.1) is 11.8 Å². The van der Waals surface area contributed by atoms with Gasteiger partial charge in [0.25, 0.3) is 0 Å². The van der Waals surface area contributed by atoms with Crippen LogP contribution >= 0.6 is 11.8 Å². The van der Waals surface area contributed by atoms with Crippen LogP contribution in [-0.4, -0.2) is 10.5 Å². The Kier molecular flexibility index (Phi) is 1.81. The molecule has 1 aliphatic heterocycles. The lowest BCUT2D eigenvalue weighted by Crippen LogP contribution is -2.24. The van der Waals surface area contributed by atoms with E-state index in [2.05, 4.69) is 39.5 Å². The maximum atomic E-state index is 2.33. The summed E-state index contributed by atoms with van der Waals surface area (Å²) in [6.45, 7) is 9.33. The van der Waals surface area contributed by atoms with Gasteiger partial charge >= 0.3 is 0 Å². The summed E-state index contributed by atoms with van der Waals surface area (Å²) < 4.78 is 0.667. The lowest BCUT2D eigenvalue weighted by Gasteiger charge is -2.21. The van der Waals surface area contributed by atoms with Gasteiger partial charge in [0, 0.05) is 10.5 Å². The first-order valence-corrected chi connectivity index (χ1v) is 4.72. The molecular weight excluding hydrogens is 128 g/mol. The molecule has 1 aliphatic rings. The predicted molar refractivity (Wildman–Crippen MR) is 44.9 cm³/mol. The minimum absolute atomic E-state index is 0.667. The Morgan fingerprint density at radius 2 is 1.44 bits per heavy atom. The van der Waals surface area contributed by atoms with E-state index in [-0.39, 0.29) is 0 Å². The van der Waals surface area contributed by atoms with E-state index in [0.29, 0.717) is 4.75 Å². The highest BCUT2D eigenvalue weighted by Crippen LogP contribution is 2.55. The molecule has 0 N–H and O–H groups in total. The first kappa shape index (κ1) is 7.46. The summed E-state index contributed by atoms with van der Waals surface area (Å²) in [5.41, 5.74) is 0. The summed E-state index contributed by atoms with van der Waals surface area (Å²) in [4.78, 5) is 0. The molecule has 0 nitrogen and oxygen atoms in total. The molecule has 0 aromatic heterocycles. The van der Waals surface area contributed by atoms with Crippen LogP contribution in [-0.2, 0) is 0 Å². The minimum Gasteiger partial charge on any atom is -0.152 e. The second kappa shape index (κ2) is 2.19. The number of hydrogen-bond donors (Lipinski definition) is 0. The van der Waals surface area contributed by atoms with Gasteiger partial charge in [0.1, 0.15) is 0 Å². The number of thioether (sulfide) groups is 1. The molecule has 1 heterocycles. The molecule has 54 valence electrons. The van der Waals surface area contributed by atoms with Crippen LogP contribution in [0.15, 0.2) is 0 Å². The third-order valence-electron chi connectivity index (χ3n) is 2.43. The Bertz CT molecular complexity index is 91.1. The van der Waals surface area contributed by atoms with Crippen molar-refractivity contribution in [1.29, 1.82) is 0 Å². The van der Waals surface area contributed by atoms with E-state index in [0.717, 1.165) is 11.8 Å². The average Bonchev–Trinajstić information content (AvgIpc) is 2.40. The third-order valence-corrected chi connectivity index (χ3v) is 4.33. The molecule has 1 saturated heterocycles. The van der Waals surface area contributed by atoms with Gasteiger partial charge in [-0.15, -0.1) is 0 Å². The summed E-state index contributed by atoms with van der Waals surface area (Å²) in [5, 5.41) is 0. The van der Waals surface area contributed by atoms with Crippen molar-refractivity contribution in [2.24, 2.45) is 11.8 Å². The largest absolute Gasteiger partial charge is 0.152 e. The van der Waals surface area contributed by atoms with Gasteiger partial charge in [-0.2, -0.15) is 11.8 Å². The smallest absolute Gasteiger partial charge is 0.0296 e. The second-order valence-corrected chi connectivity index (χ2v) is 4.89. The van der Waals surface area contributed by atoms with Gasteiger partial charge in [-0.3, -0.25) is 0 Å². The summed E-state index contributed by atoms with van der Waals surface area (Å²) in [7, 11) is 0. The van der Waals surface area contributed by atoms with E-state index in [9.17, 15) is 0 Å². The van der Waals surface area contributed by atoms with Gasteiger partial charge in [-0.25, -0.2) is 0 Å². The zero-order chi connectivity index (χ0) is 7.07. The molecule has 0 aromatic rings. The van der Waals surface area contributed by atoms with Crippen LogP contribution < -0.4 is 0 Å². The first-order valence-electron chi connectivity index (χ1n) is 3.73. The molecule has 0 spiro atoms. The molecule has 0 bridgehead atoms. The number of hydrogen-bond acceptors (Lipinski definition) is 1. The Balaban J connectivity index is 2.52. The second-order valence-electron chi connectivity index (χ2n) is 3.55. The van der Waals surface area contributed by atoms with Crippen molar-refractivity contribution in [2.75, 3.05) is 5.75 Å². The van der Waals surface area contributed by atoms with Crippen molar-refractivity contribution >= 4 is 11.8 Å². The van der Waals surface area contributed by atoms with Gasteiger partial charge < -0.3 is 0 Å². The molecular formula is C8H16S. The Labute approximate surface area is 62.4 Å².